The summed E-state index contributed by atoms with van der Waals surface area (Å²) in [5, 5.41) is 3.43. The zero-order valence-electron chi connectivity index (χ0n) is 12.0. The van der Waals surface area contributed by atoms with Gasteiger partial charge in [0.1, 0.15) is 5.76 Å². The first-order valence-electron chi connectivity index (χ1n) is 6.85. The van der Waals surface area contributed by atoms with Gasteiger partial charge in [-0.25, -0.2) is 0 Å². The van der Waals surface area contributed by atoms with Crippen LogP contribution >= 0.6 is 12.2 Å². The lowest BCUT2D eigenvalue weighted by atomic mass is 10.2. The molecule has 7 nitrogen and oxygen atoms in total. The van der Waals surface area contributed by atoms with E-state index in [0.717, 1.165) is 32.8 Å². The Morgan fingerprint density at radius 3 is 2.81 bits per heavy atom. The van der Waals surface area contributed by atoms with Crippen molar-refractivity contribution >= 4 is 23.2 Å². The third-order valence-corrected chi connectivity index (χ3v) is 3.46. The molecule has 2 heterocycles. The van der Waals surface area contributed by atoms with Gasteiger partial charge in [-0.15, -0.1) is 0 Å². The first-order valence-corrected chi connectivity index (χ1v) is 7.26. The number of morpholine rings is 1. The molecule has 2 rings (SSSR count). The van der Waals surface area contributed by atoms with E-state index < -0.39 is 0 Å². The van der Waals surface area contributed by atoms with Gasteiger partial charge in [0.25, 0.3) is 5.91 Å². The summed E-state index contributed by atoms with van der Waals surface area (Å²) in [6, 6.07) is 1.61. The summed E-state index contributed by atoms with van der Waals surface area (Å²) in [7, 11) is 0. The molecule has 1 fully saturated rings. The van der Waals surface area contributed by atoms with Crippen LogP contribution in [-0.4, -0.2) is 55.3 Å². The van der Waals surface area contributed by atoms with Gasteiger partial charge in [0.15, 0.2) is 5.11 Å². The second kappa shape index (κ2) is 7.96. The highest BCUT2D eigenvalue weighted by Gasteiger charge is 2.12. The van der Waals surface area contributed by atoms with Gasteiger partial charge < -0.3 is 14.5 Å². The fourth-order valence-corrected chi connectivity index (χ4v) is 2.15. The molecule has 1 aromatic rings. The fraction of sp³-hybridized carbons (Fsp3) is 0.538. The Bertz CT molecular complexity index is 486. The number of hydrogen-bond donors (Lipinski definition) is 3. The van der Waals surface area contributed by atoms with Crippen LogP contribution in [0, 0.1) is 6.92 Å². The molecular formula is C13H20N4O3S. The van der Waals surface area contributed by atoms with Gasteiger partial charge in [-0.3, -0.25) is 20.5 Å². The largest absolute Gasteiger partial charge is 0.469 e. The molecule has 1 aromatic heterocycles. The molecule has 0 radical (unpaired) electrons. The predicted octanol–water partition coefficient (Wildman–Crippen LogP) is 0.0291. The number of aryl methyl sites for hydroxylation is 1. The predicted molar refractivity (Wildman–Crippen MR) is 81.9 cm³/mol. The number of hydrazine groups is 1. The number of carbonyl (C=O) groups excluding carboxylic acids is 1. The summed E-state index contributed by atoms with van der Waals surface area (Å²) in [5.41, 5.74) is 5.68. The number of rotatable bonds is 4. The third-order valence-electron chi connectivity index (χ3n) is 3.21. The molecule has 8 heteroatoms. The molecule has 21 heavy (non-hydrogen) atoms. The lowest BCUT2D eigenvalue weighted by Gasteiger charge is -2.26. The van der Waals surface area contributed by atoms with Crippen LogP contribution in [0.2, 0.25) is 0 Å². The Labute approximate surface area is 129 Å². The van der Waals surface area contributed by atoms with Crippen LogP contribution in [0.4, 0.5) is 0 Å². The smallest absolute Gasteiger partial charge is 0.273 e. The van der Waals surface area contributed by atoms with Gasteiger partial charge in [0, 0.05) is 26.2 Å². The van der Waals surface area contributed by atoms with Crippen LogP contribution < -0.4 is 16.2 Å². The summed E-state index contributed by atoms with van der Waals surface area (Å²) >= 11 is 5.10. The molecular weight excluding hydrogens is 292 g/mol. The van der Waals surface area contributed by atoms with E-state index in [1.807, 2.05) is 0 Å². The van der Waals surface area contributed by atoms with Crippen LogP contribution in [0.3, 0.4) is 0 Å². The maximum absolute atomic E-state index is 11.8. The summed E-state index contributed by atoms with van der Waals surface area (Å²) < 4.78 is 10.4. The van der Waals surface area contributed by atoms with Gasteiger partial charge >= 0.3 is 0 Å². The molecule has 1 amide bonds. The lowest BCUT2D eigenvalue weighted by molar-refractivity contribution is 0.0389. The van der Waals surface area contributed by atoms with E-state index in [0.29, 0.717) is 23.0 Å². The summed E-state index contributed by atoms with van der Waals surface area (Å²) in [6.45, 7) is 6.78. The molecule has 1 saturated heterocycles. The zero-order chi connectivity index (χ0) is 15.1. The highest BCUT2D eigenvalue weighted by Crippen LogP contribution is 2.07. The van der Waals surface area contributed by atoms with Crippen LogP contribution in [0.1, 0.15) is 16.1 Å². The van der Waals surface area contributed by atoms with Crippen molar-refractivity contribution in [1.82, 2.24) is 21.1 Å². The molecule has 0 aliphatic carbocycles. The van der Waals surface area contributed by atoms with Crippen LogP contribution in [0.25, 0.3) is 0 Å². The highest BCUT2D eigenvalue weighted by atomic mass is 32.1. The molecule has 0 bridgehead atoms. The topological polar surface area (TPSA) is 78.8 Å². The monoisotopic (exact) mass is 312 g/mol. The molecule has 0 aromatic carbocycles. The standard InChI is InChI=1S/C13H20N4O3S/c1-10-11(2-7-20-10)12(18)15-16-13(21)14-3-4-17-5-8-19-9-6-17/h2,7H,3-6,8-9H2,1H3,(H,15,18)(H2,14,16,21). The number of carbonyl (C=O) groups is 1. The first-order chi connectivity index (χ1) is 10.2. The third kappa shape index (κ3) is 5.00. The second-order valence-electron chi connectivity index (χ2n) is 4.68. The molecule has 0 spiro atoms. The number of amides is 1. The molecule has 0 unspecified atom stereocenters. The average molecular weight is 312 g/mol. The van der Waals surface area contributed by atoms with Gasteiger partial charge in [-0.2, -0.15) is 0 Å². The van der Waals surface area contributed by atoms with E-state index in [-0.39, 0.29) is 5.91 Å². The van der Waals surface area contributed by atoms with Crippen molar-refractivity contribution in [1.29, 1.82) is 0 Å². The Morgan fingerprint density at radius 2 is 2.14 bits per heavy atom. The normalized spacial score (nSPS) is 15.5. The number of ether oxygens (including phenoxy) is 1. The number of nitrogens with zero attached hydrogens (tertiary/aromatic N) is 1. The molecule has 0 saturated carbocycles. The quantitative estimate of drug-likeness (QED) is 0.535. The fourth-order valence-electron chi connectivity index (χ4n) is 2.00. The summed E-state index contributed by atoms with van der Waals surface area (Å²) in [6.07, 6.45) is 1.48. The molecule has 116 valence electrons. The van der Waals surface area contributed by atoms with Crippen molar-refractivity contribution in [2.24, 2.45) is 0 Å². The van der Waals surface area contributed by atoms with E-state index in [1.54, 1.807) is 13.0 Å². The van der Waals surface area contributed by atoms with Crippen LogP contribution in [-0.2, 0) is 4.74 Å². The van der Waals surface area contributed by atoms with Crippen LogP contribution in [0.15, 0.2) is 16.7 Å². The Morgan fingerprint density at radius 1 is 1.38 bits per heavy atom. The van der Waals surface area contributed by atoms with E-state index in [2.05, 4.69) is 21.1 Å². The minimum absolute atomic E-state index is 0.279. The summed E-state index contributed by atoms with van der Waals surface area (Å²) in [4.78, 5) is 14.1. The minimum Gasteiger partial charge on any atom is -0.469 e. The van der Waals surface area contributed by atoms with Gasteiger partial charge in [-0.1, -0.05) is 0 Å². The zero-order valence-corrected chi connectivity index (χ0v) is 12.8. The Hall–Kier alpha value is -1.64. The minimum atomic E-state index is -0.279. The lowest BCUT2D eigenvalue weighted by Crippen LogP contribution is -2.49. The SMILES string of the molecule is Cc1occc1C(=O)NNC(=S)NCCN1CCOCC1. The number of thiocarbonyl (C=S) groups is 1. The Balaban J connectivity index is 1.61. The highest BCUT2D eigenvalue weighted by molar-refractivity contribution is 7.80. The number of nitrogens with one attached hydrogen (secondary N) is 3. The van der Waals surface area contributed by atoms with Crippen molar-refractivity contribution < 1.29 is 13.9 Å². The van der Waals surface area contributed by atoms with Crippen molar-refractivity contribution in [2.75, 3.05) is 39.4 Å². The van der Waals surface area contributed by atoms with Gasteiger partial charge in [-0.05, 0) is 25.2 Å². The average Bonchev–Trinajstić information content (AvgIpc) is 2.92. The number of hydrogen-bond acceptors (Lipinski definition) is 5. The van der Waals surface area contributed by atoms with E-state index >= 15 is 0 Å². The van der Waals surface area contributed by atoms with E-state index in [9.17, 15) is 4.79 Å². The van der Waals surface area contributed by atoms with Crippen LogP contribution in [0.5, 0.6) is 0 Å². The first kappa shape index (κ1) is 15.7. The maximum Gasteiger partial charge on any atom is 0.273 e. The van der Waals surface area contributed by atoms with Crippen molar-refractivity contribution in [3.8, 4) is 0 Å². The van der Waals surface area contributed by atoms with Crippen molar-refractivity contribution in [2.45, 2.75) is 6.92 Å². The van der Waals surface area contributed by atoms with Gasteiger partial charge in [0.2, 0.25) is 0 Å². The van der Waals surface area contributed by atoms with E-state index in [1.165, 1.54) is 6.26 Å². The van der Waals surface area contributed by atoms with Crippen molar-refractivity contribution in [3.63, 3.8) is 0 Å². The molecule has 1 aliphatic rings. The second-order valence-corrected chi connectivity index (χ2v) is 5.09. The molecule has 0 atom stereocenters. The van der Waals surface area contributed by atoms with E-state index in [4.69, 9.17) is 21.4 Å². The van der Waals surface area contributed by atoms with Gasteiger partial charge in [0.05, 0.1) is 25.0 Å². The summed E-state index contributed by atoms with van der Waals surface area (Å²) in [5.74, 6) is 0.291. The van der Waals surface area contributed by atoms with Crippen molar-refractivity contribution in [3.05, 3.63) is 23.7 Å². The molecule has 1 aliphatic heterocycles. The maximum atomic E-state index is 11.8. The number of furan rings is 1. The Kier molecular flexibility index (Phi) is 5.97. The molecule has 3 N–H and O–H groups in total.